The van der Waals surface area contributed by atoms with Crippen LogP contribution in [0.2, 0.25) is 0 Å². The molecule has 4 heterocycles. The summed E-state index contributed by atoms with van der Waals surface area (Å²) in [6, 6.07) is 6.14. The van der Waals surface area contributed by atoms with Gasteiger partial charge in [-0.05, 0) is 98.5 Å². The number of nitrogens with one attached hydrogen (secondary N) is 1. The number of hydrogen-bond acceptors (Lipinski definition) is 15. The van der Waals surface area contributed by atoms with Gasteiger partial charge >= 0.3 is 12.1 Å². The van der Waals surface area contributed by atoms with Crippen LogP contribution in [-0.4, -0.2) is 148 Å². The second-order valence-electron chi connectivity index (χ2n) is 17.9. The monoisotopic (exact) mass is 906 g/mol. The molecule has 0 bridgehead atoms. The van der Waals surface area contributed by atoms with Crippen molar-refractivity contribution in [3.63, 3.8) is 0 Å². The number of anilines is 1. The van der Waals surface area contributed by atoms with Gasteiger partial charge in [-0.1, -0.05) is 44.2 Å². The van der Waals surface area contributed by atoms with E-state index in [1.807, 2.05) is 70.2 Å². The van der Waals surface area contributed by atoms with Gasteiger partial charge in [-0.15, -0.1) is 11.7 Å². The van der Waals surface area contributed by atoms with Crippen LogP contribution in [0, 0.1) is 17.8 Å². The number of aliphatic hydroxyl groups excluding tert-OH is 1. The molecule has 1 amide bonds. The number of rotatable bonds is 12. The predicted molar refractivity (Wildman–Crippen MR) is 241 cm³/mol. The van der Waals surface area contributed by atoms with Crippen LogP contribution < -0.4 is 11.1 Å². The zero-order valence-electron chi connectivity index (χ0n) is 39.0. The Morgan fingerprint density at radius 1 is 1.16 bits per heavy atom. The number of nitrogens with two attached hydrogens (primary N) is 1. The van der Waals surface area contributed by atoms with Gasteiger partial charge in [0, 0.05) is 67.9 Å². The summed E-state index contributed by atoms with van der Waals surface area (Å²) in [5, 5.41) is 23.7. The maximum atomic E-state index is 14.4. The summed E-state index contributed by atoms with van der Waals surface area (Å²) in [4.78, 5) is 46.0. The van der Waals surface area contributed by atoms with Gasteiger partial charge in [0.25, 0.3) is 0 Å². The number of amides is 1. The highest BCUT2D eigenvalue weighted by Gasteiger charge is 2.59. The fourth-order valence-corrected chi connectivity index (χ4v) is 9.40. The number of fused-ring (bicyclic) bond motifs is 1. The molecule has 5 rings (SSSR count). The number of halogens is 1. The minimum absolute atomic E-state index is 0.0588. The van der Waals surface area contributed by atoms with E-state index in [-0.39, 0.29) is 30.2 Å². The largest absolute Gasteiger partial charge is 0.458 e. The lowest BCUT2D eigenvalue weighted by Crippen LogP contribution is -2.61. The van der Waals surface area contributed by atoms with Crippen LogP contribution in [0.15, 0.2) is 43.1 Å². The molecule has 0 spiro atoms. The predicted octanol–water partition coefficient (Wildman–Crippen LogP) is 5.68. The number of Topliss-reactive ketones (excluding diaryl/α,β-unsaturated/α-hetero) is 1. The van der Waals surface area contributed by atoms with Crippen LogP contribution in [0.4, 0.5) is 14.4 Å². The number of aromatic nitrogens is 3. The minimum Gasteiger partial charge on any atom is -0.458 e. The number of hydrogen-bond donors (Lipinski definition) is 3. The lowest BCUT2D eigenvalue weighted by atomic mass is 9.78. The van der Waals surface area contributed by atoms with Crippen LogP contribution in [0.25, 0.3) is 11.3 Å². The number of carbonyl (C=O) groups excluding carboxylic acids is 3. The molecule has 3 saturated heterocycles. The topological polar surface area (TPSA) is 193 Å². The Hall–Kier alpha value is -3.65. The molecule has 18 heteroatoms. The minimum atomic E-state index is -1.30. The first-order chi connectivity index (χ1) is 29.8. The summed E-state index contributed by atoms with van der Waals surface area (Å²) in [5.41, 5.74) is 5.83. The summed E-state index contributed by atoms with van der Waals surface area (Å²) < 4.78 is 43.5. The Bertz CT molecular complexity index is 1830. The van der Waals surface area contributed by atoms with Crippen LogP contribution >= 0.6 is 12.1 Å². The summed E-state index contributed by atoms with van der Waals surface area (Å²) in [5.74, 6) is -3.28. The van der Waals surface area contributed by atoms with Crippen LogP contribution in [0.5, 0.6) is 0 Å². The van der Waals surface area contributed by atoms with E-state index in [0.717, 1.165) is 11.3 Å². The van der Waals surface area contributed by atoms with Crippen molar-refractivity contribution < 1.29 is 47.1 Å². The quantitative estimate of drug-likeness (QED) is 0.0774. The first-order valence-electron chi connectivity index (χ1n) is 22.0. The number of nitrogen functional groups attached to an aromatic ring is 1. The second kappa shape index (κ2) is 23.0. The number of carbonyl (C=O) groups is 3. The van der Waals surface area contributed by atoms with Crippen molar-refractivity contribution >= 4 is 35.7 Å². The summed E-state index contributed by atoms with van der Waals surface area (Å²) >= 11 is 0.250. The highest BCUT2D eigenvalue weighted by Crippen LogP contribution is 2.40. The van der Waals surface area contributed by atoms with Crippen molar-refractivity contribution in [2.75, 3.05) is 46.3 Å². The van der Waals surface area contributed by atoms with E-state index in [1.165, 1.54) is 13.2 Å². The van der Waals surface area contributed by atoms with Crippen molar-refractivity contribution in [3.8, 4) is 11.3 Å². The standard InChI is InChI=1S/C44H69N7O9.CH3FS/c1-12-32-38-44(8,60-42(55)51(38)20-15-14-19-50-25-33(47-48-50)30-17-16-18-31(45)22-30)35(13-2)58-40(54)29(6)36(52)28(5)39(43(7,56-11)23-26(3)24-46-32)59-41-37(53)34(49(9)10)21-27(4)57-41;1-3-2/h12,16-18,22,25-29,32,34-35,37-39,41,46,53H,1,13-15,19-21,23-24,45H2,2-11H3;1H3/t26-,27?,28+,29-,32-,34?,35-,37?,38-,39-,41+,43-,44-;/m1./s1. The smallest absolute Gasteiger partial charge is 0.410 e. The molecule has 0 radical (unpaired) electrons. The average Bonchev–Trinajstić information content (AvgIpc) is 3.82. The maximum Gasteiger partial charge on any atom is 0.410 e. The third kappa shape index (κ3) is 12.4. The Morgan fingerprint density at radius 3 is 2.46 bits per heavy atom. The third-order valence-corrected chi connectivity index (χ3v) is 12.8. The van der Waals surface area contributed by atoms with E-state index in [4.69, 9.17) is 29.4 Å². The molecule has 354 valence electrons. The van der Waals surface area contributed by atoms with E-state index in [1.54, 1.807) is 36.6 Å². The molecular formula is C45H72FN7O9S. The van der Waals surface area contributed by atoms with Crippen molar-refractivity contribution in [1.29, 1.82) is 0 Å². The van der Waals surface area contributed by atoms with Crippen molar-refractivity contribution in [1.82, 2.24) is 30.1 Å². The lowest BCUT2D eigenvalue weighted by Gasteiger charge is -2.46. The number of benzene rings is 1. The SMILES string of the molecule is C=C[C@H]1NC[C@H](C)C[C@@](C)(OC)[C@H](O[C@@H]2OC(C)CC(N(C)C)C2O)[C@@H](C)C(=O)[C@@H](C)C(=O)O[C@H](CC)[C@@]2(C)OC(=O)N(CCCCn3cc(-c4cccc(N)c4)nn3)[C@H]12.CSF. The summed E-state index contributed by atoms with van der Waals surface area (Å²) in [7, 11) is 5.37. The van der Waals surface area contributed by atoms with Crippen molar-refractivity contribution in [2.24, 2.45) is 17.8 Å². The normalized spacial score (nSPS) is 34.5. The first kappa shape index (κ1) is 52.0. The van der Waals surface area contributed by atoms with Gasteiger partial charge in [-0.25, -0.2) is 4.79 Å². The Balaban J connectivity index is 0.00000282. The molecule has 1 aromatic heterocycles. The number of esters is 1. The van der Waals surface area contributed by atoms with E-state index >= 15 is 0 Å². The van der Waals surface area contributed by atoms with E-state index in [2.05, 4.69) is 29.1 Å². The molecule has 0 saturated carbocycles. The molecule has 3 unspecified atom stereocenters. The Morgan fingerprint density at radius 2 is 1.84 bits per heavy atom. The molecular weight excluding hydrogens is 834 g/mol. The molecule has 16 nitrogen and oxygen atoms in total. The molecule has 13 atom stereocenters. The summed E-state index contributed by atoms with van der Waals surface area (Å²) in [6.07, 6.45) is 3.07. The van der Waals surface area contributed by atoms with Gasteiger partial charge in [-0.3, -0.25) is 19.2 Å². The maximum absolute atomic E-state index is 14.4. The number of aliphatic hydroxyl groups is 1. The Labute approximate surface area is 377 Å². The zero-order valence-corrected chi connectivity index (χ0v) is 39.8. The highest BCUT2D eigenvalue weighted by atomic mass is 32.2. The number of ether oxygens (including phenoxy) is 5. The fraction of sp³-hybridized carbons (Fsp3) is 0.711. The highest BCUT2D eigenvalue weighted by molar-refractivity contribution is 7.93. The number of cyclic esters (lactones) is 1. The second-order valence-corrected chi connectivity index (χ2v) is 18.2. The van der Waals surface area contributed by atoms with Gasteiger partial charge in [0.1, 0.15) is 23.8 Å². The third-order valence-electron chi connectivity index (χ3n) is 12.8. The van der Waals surface area contributed by atoms with Crippen LogP contribution in [0.1, 0.15) is 80.6 Å². The molecule has 3 fully saturated rings. The van der Waals surface area contributed by atoms with E-state index in [9.17, 15) is 23.4 Å². The van der Waals surface area contributed by atoms with Gasteiger partial charge in [0.2, 0.25) is 0 Å². The number of nitrogens with zero attached hydrogens (tertiary/aromatic N) is 5. The van der Waals surface area contributed by atoms with Gasteiger partial charge in [0.15, 0.2) is 17.7 Å². The number of methoxy groups -OCH3 is 1. The number of ketones is 1. The van der Waals surface area contributed by atoms with Crippen molar-refractivity contribution in [2.45, 2.75) is 147 Å². The molecule has 4 N–H and O–H groups in total. The fourth-order valence-electron chi connectivity index (χ4n) is 9.40. The molecule has 2 aromatic rings. The molecule has 0 aliphatic carbocycles. The van der Waals surface area contributed by atoms with Crippen LogP contribution in [-0.2, 0) is 39.8 Å². The van der Waals surface area contributed by atoms with Gasteiger partial charge in [0.05, 0.1) is 30.0 Å². The van der Waals surface area contributed by atoms with E-state index in [0.29, 0.717) is 57.4 Å². The molecule has 63 heavy (non-hydrogen) atoms. The summed E-state index contributed by atoms with van der Waals surface area (Å²) in [6.45, 7) is 18.4. The van der Waals surface area contributed by atoms with E-state index < -0.39 is 77.6 Å². The number of aryl methyl sites for hydroxylation is 1. The molecule has 1 aromatic carbocycles. The lowest BCUT2D eigenvalue weighted by molar-refractivity contribution is -0.295. The zero-order chi connectivity index (χ0) is 46.8. The number of likely N-dealkylation sites (N-methyl/N-ethyl adjacent to an activating group) is 1. The Kier molecular flexibility index (Phi) is 19.0. The molecule has 3 aliphatic rings. The first-order valence-corrected chi connectivity index (χ1v) is 23.1. The number of unbranched alkanes of at least 4 members (excludes halogenated alkanes) is 1. The van der Waals surface area contributed by atoms with Gasteiger partial charge < -0.3 is 44.7 Å². The van der Waals surface area contributed by atoms with Crippen molar-refractivity contribution in [3.05, 3.63) is 43.1 Å². The van der Waals surface area contributed by atoms with Gasteiger partial charge in [-0.2, -0.15) is 3.89 Å². The van der Waals surface area contributed by atoms with Crippen LogP contribution in [0.3, 0.4) is 0 Å². The average molecular weight is 906 g/mol. The molecule has 3 aliphatic heterocycles.